The van der Waals surface area contributed by atoms with Gasteiger partial charge in [-0.25, -0.2) is 0 Å². The Hall–Kier alpha value is -7.64. The minimum atomic E-state index is -0.0433. The summed E-state index contributed by atoms with van der Waals surface area (Å²) in [6, 6.07) is 22.0. The summed E-state index contributed by atoms with van der Waals surface area (Å²) >= 11 is 1.47. The Morgan fingerprint density at radius 1 is 0.510 bits per heavy atom. The molecule has 3 aromatic heterocycles. The van der Waals surface area contributed by atoms with Crippen LogP contribution in [-0.4, -0.2) is 41.4 Å². The SMILES string of the molecule is Bc1c(C#N)c(C#N)c(C#N)c(B)c1/C(C#N)=c1\cnc2c(c1)c1c/c(=C(\C#N)c3c(B)c(C#N)c(C#N)c(C#N)c3B)cnc1c1sccc21. The molecule has 0 bridgehead atoms. The number of rotatable bonds is 2. The molecule has 0 atom stereocenters. The van der Waals surface area contributed by atoms with Crippen molar-refractivity contribution in [2.24, 2.45) is 0 Å². The Kier molecular flexibility index (Phi) is 8.32. The molecule has 3 aromatic carbocycles. The summed E-state index contributed by atoms with van der Waals surface area (Å²) in [5, 5.41) is 85.1. The summed E-state index contributed by atoms with van der Waals surface area (Å²) in [5.41, 5.74) is 3.80. The Bertz CT molecular complexity index is 2840. The summed E-state index contributed by atoms with van der Waals surface area (Å²) < 4.78 is 0.854. The lowest BCUT2D eigenvalue weighted by Crippen LogP contribution is -2.31. The van der Waals surface area contributed by atoms with Gasteiger partial charge in [0, 0.05) is 39.0 Å². The first-order valence-corrected chi connectivity index (χ1v) is 15.9. The van der Waals surface area contributed by atoms with E-state index in [1.807, 2.05) is 47.9 Å². The molecule has 51 heavy (non-hydrogen) atoms. The highest BCUT2D eigenvalue weighted by Crippen LogP contribution is 2.35. The number of pyridine rings is 2. The van der Waals surface area contributed by atoms with Crippen molar-refractivity contribution in [2.45, 2.75) is 0 Å². The molecule has 0 aliphatic heterocycles. The molecule has 0 unspecified atom stereocenters. The van der Waals surface area contributed by atoms with Gasteiger partial charge >= 0.3 is 0 Å². The molecule has 0 fully saturated rings. The Morgan fingerprint density at radius 2 is 0.882 bits per heavy atom. The fraction of sp³-hybridized carbons (Fsp3) is 0. The number of hydrogen-bond donors (Lipinski definition) is 0. The van der Waals surface area contributed by atoms with E-state index in [9.17, 15) is 42.1 Å². The van der Waals surface area contributed by atoms with E-state index in [0.717, 1.165) is 10.1 Å². The lowest BCUT2D eigenvalue weighted by molar-refractivity contribution is 1.36. The minimum Gasteiger partial charge on any atom is -0.255 e. The van der Waals surface area contributed by atoms with Crippen molar-refractivity contribution in [1.29, 1.82) is 42.1 Å². The van der Waals surface area contributed by atoms with Crippen molar-refractivity contribution in [3.63, 3.8) is 0 Å². The van der Waals surface area contributed by atoms with Gasteiger partial charge < -0.3 is 0 Å². The topological polar surface area (TPSA) is 216 Å². The normalized spacial score (nSPS) is 11.5. The molecule has 0 saturated carbocycles. The highest BCUT2D eigenvalue weighted by Gasteiger charge is 2.24. The van der Waals surface area contributed by atoms with E-state index in [4.69, 9.17) is 9.97 Å². The predicted molar refractivity (Wildman–Crippen MR) is 202 cm³/mol. The molecule has 3 heterocycles. The maximum Gasteiger partial charge on any atom is 0.141 e. The molecule has 0 amide bonds. The Morgan fingerprint density at radius 3 is 1.25 bits per heavy atom. The predicted octanol–water partition coefficient (Wildman–Crippen LogP) is -2.29. The molecule has 6 aromatic rings. The molecular formula is C36H14B4N10S. The van der Waals surface area contributed by atoms with Crippen LogP contribution in [0.25, 0.3) is 43.0 Å². The maximum absolute atomic E-state index is 10.5. The van der Waals surface area contributed by atoms with Gasteiger partial charge in [0.1, 0.15) is 55.7 Å². The summed E-state index contributed by atoms with van der Waals surface area (Å²) in [7, 11) is 6.54. The fourth-order valence-corrected chi connectivity index (χ4v) is 7.72. The van der Waals surface area contributed by atoms with Crippen molar-refractivity contribution in [1.82, 2.24) is 9.97 Å². The fourth-order valence-electron chi connectivity index (χ4n) is 6.81. The van der Waals surface area contributed by atoms with Crippen LogP contribution in [-0.2, 0) is 0 Å². The number of hydrogen-bond acceptors (Lipinski definition) is 11. The zero-order valence-electron chi connectivity index (χ0n) is 27.3. The second-order valence-corrected chi connectivity index (χ2v) is 12.5. The smallest absolute Gasteiger partial charge is 0.141 e. The van der Waals surface area contributed by atoms with E-state index >= 15 is 0 Å². The third-order valence-electron chi connectivity index (χ3n) is 9.17. The molecule has 0 saturated heterocycles. The molecule has 0 aliphatic carbocycles. The molecule has 0 radical (unpaired) electrons. The molecule has 0 spiro atoms. The van der Waals surface area contributed by atoms with Crippen molar-refractivity contribution in [3.8, 4) is 48.6 Å². The first-order chi connectivity index (χ1) is 24.6. The third-order valence-corrected chi connectivity index (χ3v) is 10.1. The van der Waals surface area contributed by atoms with Gasteiger partial charge in [-0.05, 0) is 34.7 Å². The summed E-state index contributed by atoms with van der Waals surface area (Å²) in [5.74, 6) is 0. The van der Waals surface area contributed by atoms with E-state index in [1.165, 1.54) is 11.3 Å². The first-order valence-electron chi connectivity index (χ1n) is 15.0. The van der Waals surface area contributed by atoms with Crippen LogP contribution in [0.4, 0.5) is 0 Å². The molecule has 226 valence electrons. The number of fused-ring (bicyclic) bond motifs is 6. The Labute approximate surface area is 298 Å². The van der Waals surface area contributed by atoms with Gasteiger partial charge in [-0.2, -0.15) is 42.1 Å². The van der Waals surface area contributed by atoms with E-state index in [1.54, 1.807) is 55.9 Å². The van der Waals surface area contributed by atoms with Gasteiger partial charge in [-0.3, -0.25) is 9.97 Å². The summed E-state index contributed by atoms with van der Waals surface area (Å²) in [6.45, 7) is 0. The monoisotopic (exact) mass is 662 g/mol. The number of benzene rings is 3. The van der Waals surface area contributed by atoms with E-state index < -0.39 is 0 Å². The molecule has 15 heteroatoms. The number of aromatic nitrogens is 2. The van der Waals surface area contributed by atoms with E-state index in [2.05, 4.69) is 12.1 Å². The summed E-state index contributed by atoms with van der Waals surface area (Å²) in [4.78, 5) is 9.60. The van der Waals surface area contributed by atoms with Crippen molar-refractivity contribution >= 4 is 108 Å². The zero-order valence-corrected chi connectivity index (χ0v) is 28.2. The quantitative estimate of drug-likeness (QED) is 0.143. The summed E-state index contributed by atoms with van der Waals surface area (Å²) in [6.07, 6.45) is 3.11. The molecule has 6 rings (SSSR count). The second kappa shape index (κ2) is 12.8. The lowest BCUT2D eigenvalue weighted by atomic mass is 9.71. The second-order valence-electron chi connectivity index (χ2n) is 11.5. The highest BCUT2D eigenvalue weighted by atomic mass is 32.1. The molecule has 10 nitrogen and oxygen atoms in total. The van der Waals surface area contributed by atoms with Crippen LogP contribution < -0.4 is 32.3 Å². The number of thiophene rings is 1. The van der Waals surface area contributed by atoms with Gasteiger partial charge in [0.25, 0.3) is 0 Å². The third kappa shape index (κ3) is 4.76. The Balaban J connectivity index is 1.81. The van der Waals surface area contributed by atoms with E-state index in [0.29, 0.717) is 65.2 Å². The average molecular weight is 662 g/mol. The molecule has 0 aliphatic rings. The van der Waals surface area contributed by atoms with Crippen LogP contribution >= 0.6 is 11.3 Å². The molecular weight excluding hydrogens is 648 g/mol. The first kappa shape index (κ1) is 33.3. The maximum atomic E-state index is 10.5. The van der Waals surface area contributed by atoms with Crippen LogP contribution in [0.3, 0.4) is 0 Å². The standard InChI is InChI=1S/C36H14B4N10S/c37-30-24(9-45)22(7-43)25(10-46)31(38)28(30)20(5-41)15-3-18-19-4-16(14-50-35(19)36-17(1-2-51-36)34(18)49-13-15)21(6-42)29-32(39)26(11-47)23(8-44)27(12-48)33(29)40/h1-4,13-14H,37-40H2/b20-15-,21-16-. The van der Waals surface area contributed by atoms with Crippen molar-refractivity contribution in [3.05, 3.63) is 90.9 Å². The van der Waals surface area contributed by atoms with Gasteiger partial charge in [-0.1, -0.05) is 21.9 Å². The van der Waals surface area contributed by atoms with Crippen LogP contribution in [0.1, 0.15) is 44.5 Å². The van der Waals surface area contributed by atoms with Gasteiger partial charge in [0.15, 0.2) is 0 Å². The highest BCUT2D eigenvalue weighted by molar-refractivity contribution is 7.18. The average Bonchev–Trinajstić information content (AvgIpc) is 3.65. The number of nitriles is 8. The van der Waals surface area contributed by atoms with Crippen LogP contribution in [0.5, 0.6) is 0 Å². The van der Waals surface area contributed by atoms with Crippen molar-refractivity contribution in [2.75, 3.05) is 0 Å². The van der Waals surface area contributed by atoms with Crippen molar-refractivity contribution < 1.29 is 0 Å². The van der Waals surface area contributed by atoms with Crippen LogP contribution in [0.15, 0.2) is 36.0 Å². The van der Waals surface area contributed by atoms with Crippen LogP contribution in [0, 0.1) is 90.6 Å². The lowest BCUT2D eigenvalue weighted by Gasteiger charge is -2.15. The minimum absolute atomic E-state index is 0.0162. The van der Waals surface area contributed by atoms with Gasteiger partial charge in [-0.15, -0.1) is 11.3 Å². The number of nitrogens with zero attached hydrogens (tertiary/aromatic N) is 10. The van der Waals surface area contributed by atoms with Crippen LogP contribution in [0.2, 0.25) is 0 Å². The van der Waals surface area contributed by atoms with Gasteiger partial charge in [0.2, 0.25) is 0 Å². The largest absolute Gasteiger partial charge is 0.255 e. The molecule has 0 N–H and O–H groups in total. The zero-order chi connectivity index (χ0) is 36.7. The van der Waals surface area contributed by atoms with Gasteiger partial charge in [0.05, 0.1) is 84.5 Å². The van der Waals surface area contributed by atoms with E-state index in [-0.39, 0.29) is 44.5 Å².